The highest BCUT2D eigenvalue weighted by atomic mass is 35.5. The van der Waals surface area contributed by atoms with Gasteiger partial charge in [0.1, 0.15) is 10.6 Å². The lowest BCUT2D eigenvalue weighted by Crippen LogP contribution is -2.16. The lowest BCUT2D eigenvalue weighted by atomic mass is 10.2. The molecule has 1 N–H and O–H groups in total. The molecule has 2 aromatic rings. The van der Waals surface area contributed by atoms with Crippen LogP contribution in [-0.4, -0.2) is 16.0 Å². The Balaban J connectivity index is 2.00. The van der Waals surface area contributed by atoms with Crippen LogP contribution in [0.5, 0.6) is 0 Å². The highest BCUT2D eigenvalue weighted by Gasteiger charge is 2.15. The zero-order valence-corrected chi connectivity index (χ0v) is 11.7. The highest BCUT2D eigenvalue weighted by molar-refractivity contribution is 7.18. The van der Waals surface area contributed by atoms with Gasteiger partial charge >= 0.3 is 0 Å². The Morgan fingerprint density at radius 1 is 1.39 bits per heavy atom. The van der Waals surface area contributed by atoms with Crippen LogP contribution >= 0.6 is 22.9 Å². The van der Waals surface area contributed by atoms with Crippen molar-refractivity contribution in [2.24, 2.45) is 0 Å². The number of aryl methyl sites for hydroxylation is 1. The number of rotatable bonds is 3. The Kier molecular flexibility index (Phi) is 3.22. The molecule has 0 aromatic carbocycles. The monoisotopic (exact) mass is 279 g/mol. The Hall–Kier alpha value is -1.13. The van der Waals surface area contributed by atoms with E-state index in [9.17, 15) is 0 Å². The molecule has 1 aliphatic carbocycles. The maximum atomic E-state index is 5.99. The Morgan fingerprint density at radius 2 is 2.17 bits per heavy atom. The van der Waals surface area contributed by atoms with Crippen LogP contribution in [0.25, 0.3) is 10.2 Å². The third-order valence-electron chi connectivity index (χ3n) is 3.11. The number of anilines is 1. The quantitative estimate of drug-likeness (QED) is 0.681. The molecule has 3 nitrogen and oxygen atoms in total. The number of hydrogen-bond donors (Lipinski definition) is 1. The molecule has 94 valence electrons. The molecule has 0 amide bonds. The summed E-state index contributed by atoms with van der Waals surface area (Å²) >= 11 is 7.68. The molecule has 5 heteroatoms. The van der Waals surface area contributed by atoms with Crippen LogP contribution in [-0.2, 0) is 6.42 Å². The number of halogens is 1. The molecule has 18 heavy (non-hydrogen) atoms. The van der Waals surface area contributed by atoms with Gasteiger partial charge in [-0.05, 0) is 36.9 Å². The summed E-state index contributed by atoms with van der Waals surface area (Å²) in [5.41, 5.74) is 0. The van der Waals surface area contributed by atoms with Gasteiger partial charge in [0.15, 0.2) is 0 Å². The minimum atomic E-state index is 0.320. The first kappa shape index (κ1) is 11.9. The van der Waals surface area contributed by atoms with Gasteiger partial charge in [-0.3, -0.25) is 0 Å². The number of hydrogen-bond acceptors (Lipinski definition) is 4. The van der Waals surface area contributed by atoms with E-state index in [-0.39, 0.29) is 0 Å². The van der Waals surface area contributed by atoms with Crippen molar-refractivity contribution in [3.63, 3.8) is 0 Å². The van der Waals surface area contributed by atoms with Crippen molar-refractivity contribution < 1.29 is 0 Å². The molecule has 2 heterocycles. The molecule has 3 rings (SSSR count). The molecule has 0 radical (unpaired) electrons. The molecule has 0 aliphatic heterocycles. The van der Waals surface area contributed by atoms with Gasteiger partial charge < -0.3 is 5.32 Å². The fourth-order valence-corrected chi connectivity index (χ4v) is 3.34. The first-order valence-corrected chi connectivity index (χ1v) is 7.33. The Morgan fingerprint density at radius 3 is 2.89 bits per heavy atom. The van der Waals surface area contributed by atoms with E-state index in [1.165, 1.54) is 4.88 Å². The molecule has 0 saturated carbocycles. The predicted octanol–water partition coefficient (Wildman–Crippen LogP) is 4.04. The van der Waals surface area contributed by atoms with Crippen LogP contribution in [0.2, 0.25) is 5.28 Å². The number of aromatic nitrogens is 2. The van der Waals surface area contributed by atoms with Crippen LogP contribution in [0.15, 0.2) is 18.2 Å². The van der Waals surface area contributed by atoms with E-state index in [1.54, 1.807) is 11.3 Å². The average Bonchev–Trinajstić information content (AvgIpc) is 2.97. The number of nitrogens with one attached hydrogen (secondary N) is 1. The van der Waals surface area contributed by atoms with E-state index in [4.69, 9.17) is 11.6 Å². The molecule has 0 spiro atoms. The van der Waals surface area contributed by atoms with E-state index in [1.807, 2.05) is 0 Å². The first-order chi connectivity index (χ1) is 8.76. The average molecular weight is 280 g/mol. The SMILES string of the molecule is CCc1cc2c(NC3CC=CC3)nc(Cl)nc2s1. The second kappa shape index (κ2) is 4.86. The van der Waals surface area contributed by atoms with E-state index < -0.39 is 0 Å². The second-order valence-electron chi connectivity index (χ2n) is 4.41. The van der Waals surface area contributed by atoms with Gasteiger partial charge in [0, 0.05) is 10.9 Å². The second-order valence-corrected chi connectivity index (χ2v) is 5.86. The van der Waals surface area contributed by atoms with Crippen LogP contribution in [0.3, 0.4) is 0 Å². The topological polar surface area (TPSA) is 37.8 Å². The molecule has 2 aromatic heterocycles. The third kappa shape index (κ3) is 2.22. The molecule has 0 fully saturated rings. The minimum Gasteiger partial charge on any atom is -0.366 e. The van der Waals surface area contributed by atoms with Crippen molar-refractivity contribution in [2.75, 3.05) is 5.32 Å². The van der Waals surface area contributed by atoms with Crippen molar-refractivity contribution in [3.8, 4) is 0 Å². The smallest absolute Gasteiger partial charge is 0.225 e. The normalized spacial score (nSPS) is 15.7. The first-order valence-electron chi connectivity index (χ1n) is 6.13. The number of thiophene rings is 1. The molecule has 0 unspecified atom stereocenters. The zero-order chi connectivity index (χ0) is 12.5. The molecular formula is C13H14ClN3S. The minimum absolute atomic E-state index is 0.320. The van der Waals surface area contributed by atoms with E-state index in [0.717, 1.165) is 35.3 Å². The van der Waals surface area contributed by atoms with Crippen molar-refractivity contribution >= 4 is 39.0 Å². The summed E-state index contributed by atoms with van der Waals surface area (Å²) in [5.74, 6) is 0.870. The van der Waals surface area contributed by atoms with Crippen LogP contribution in [0, 0.1) is 0 Å². The summed E-state index contributed by atoms with van der Waals surface area (Å²) < 4.78 is 0. The fraction of sp³-hybridized carbons (Fsp3) is 0.385. The van der Waals surface area contributed by atoms with Gasteiger partial charge in [-0.2, -0.15) is 0 Å². The molecular weight excluding hydrogens is 266 g/mol. The summed E-state index contributed by atoms with van der Waals surface area (Å²) in [5, 5.41) is 4.88. The molecule has 0 saturated heterocycles. The molecule has 0 bridgehead atoms. The third-order valence-corrected chi connectivity index (χ3v) is 4.46. The fourth-order valence-electron chi connectivity index (χ4n) is 2.16. The van der Waals surface area contributed by atoms with Gasteiger partial charge in [0.2, 0.25) is 5.28 Å². The number of fused-ring (bicyclic) bond motifs is 1. The van der Waals surface area contributed by atoms with Crippen molar-refractivity contribution in [2.45, 2.75) is 32.2 Å². The molecule has 1 aliphatic rings. The van der Waals surface area contributed by atoms with Gasteiger partial charge in [-0.25, -0.2) is 9.97 Å². The summed E-state index contributed by atoms with van der Waals surface area (Å²) in [6.07, 6.45) is 7.51. The van der Waals surface area contributed by atoms with E-state index >= 15 is 0 Å². The van der Waals surface area contributed by atoms with Crippen LogP contribution < -0.4 is 5.32 Å². The lowest BCUT2D eigenvalue weighted by molar-refractivity contribution is 0.782. The van der Waals surface area contributed by atoms with Gasteiger partial charge in [0.05, 0.1) is 5.39 Å². The van der Waals surface area contributed by atoms with Gasteiger partial charge in [-0.1, -0.05) is 19.1 Å². The Labute approximate surface area is 115 Å². The molecule has 0 atom stereocenters. The maximum Gasteiger partial charge on any atom is 0.225 e. The largest absolute Gasteiger partial charge is 0.366 e. The summed E-state index contributed by atoms with van der Waals surface area (Å²) in [7, 11) is 0. The van der Waals surface area contributed by atoms with Crippen LogP contribution in [0.4, 0.5) is 5.82 Å². The summed E-state index contributed by atoms with van der Waals surface area (Å²) in [4.78, 5) is 10.9. The predicted molar refractivity (Wildman–Crippen MR) is 77.6 cm³/mol. The summed E-state index contributed by atoms with van der Waals surface area (Å²) in [6.45, 7) is 2.15. The van der Waals surface area contributed by atoms with Gasteiger partial charge in [-0.15, -0.1) is 11.3 Å². The number of nitrogens with zero attached hydrogens (tertiary/aromatic N) is 2. The maximum absolute atomic E-state index is 5.99. The van der Waals surface area contributed by atoms with Crippen molar-refractivity contribution in [3.05, 3.63) is 28.4 Å². The highest BCUT2D eigenvalue weighted by Crippen LogP contribution is 2.31. The Bertz CT molecular complexity index is 598. The van der Waals surface area contributed by atoms with Crippen molar-refractivity contribution in [1.82, 2.24) is 9.97 Å². The zero-order valence-electron chi connectivity index (χ0n) is 10.1. The van der Waals surface area contributed by atoms with E-state index in [2.05, 4.69) is 40.4 Å². The lowest BCUT2D eigenvalue weighted by Gasteiger charge is -2.13. The van der Waals surface area contributed by atoms with E-state index in [0.29, 0.717) is 11.3 Å². The summed E-state index contributed by atoms with van der Waals surface area (Å²) in [6, 6.07) is 2.60. The standard InChI is InChI=1S/C13H14ClN3S/c1-2-9-7-10-11(15-8-5-3-4-6-8)16-13(14)17-12(10)18-9/h3-4,7-8H,2,5-6H2,1H3,(H,15,16,17). The van der Waals surface area contributed by atoms with Crippen molar-refractivity contribution in [1.29, 1.82) is 0 Å². The van der Waals surface area contributed by atoms with Gasteiger partial charge in [0.25, 0.3) is 0 Å². The van der Waals surface area contributed by atoms with Crippen LogP contribution in [0.1, 0.15) is 24.6 Å².